The Bertz CT molecular complexity index is 1210. The molecule has 0 bridgehead atoms. The van der Waals surface area contributed by atoms with Crippen LogP contribution in [0.1, 0.15) is 34.0 Å². The molecule has 0 radical (unpaired) electrons. The van der Waals surface area contributed by atoms with Crippen molar-refractivity contribution in [3.8, 4) is 10.6 Å². The summed E-state index contributed by atoms with van der Waals surface area (Å²) in [7, 11) is 0. The van der Waals surface area contributed by atoms with Crippen LogP contribution in [-0.2, 0) is 13.0 Å². The molecule has 4 aromatic rings. The van der Waals surface area contributed by atoms with Crippen LogP contribution in [0.15, 0.2) is 36.4 Å². The van der Waals surface area contributed by atoms with Crippen molar-refractivity contribution < 1.29 is 4.79 Å². The number of benzene rings is 1. The average Bonchev–Trinajstić information content (AvgIpc) is 3.42. The molecule has 3 aromatic heterocycles. The van der Waals surface area contributed by atoms with Crippen molar-refractivity contribution in [2.24, 2.45) is 0 Å². The SMILES string of the molecule is CC(C)N1CCc2c(sc(NC(=O)c3ccc(Cl)s3)c2-c2nc3ccccc3s2)C1.Cl. The van der Waals surface area contributed by atoms with Crippen LogP contribution in [0, 0.1) is 0 Å². The highest BCUT2D eigenvalue weighted by Gasteiger charge is 2.28. The first-order chi connectivity index (χ1) is 14.5. The van der Waals surface area contributed by atoms with E-state index < -0.39 is 0 Å². The Morgan fingerprint density at radius 2 is 1.97 bits per heavy atom. The molecule has 162 valence electrons. The number of amides is 1. The van der Waals surface area contributed by atoms with Crippen molar-refractivity contribution >= 4 is 79.1 Å². The summed E-state index contributed by atoms with van der Waals surface area (Å²) < 4.78 is 1.78. The maximum absolute atomic E-state index is 12.9. The molecular weight excluding hydrogens is 489 g/mol. The molecule has 0 atom stereocenters. The quantitative estimate of drug-likeness (QED) is 0.316. The first kappa shape index (κ1) is 22.7. The Balaban J connectivity index is 0.00000231. The lowest BCUT2D eigenvalue weighted by atomic mass is 10.0. The average molecular weight is 511 g/mol. The Hall–Kier alpha value is -1.48. The summed E-state index contributed by atoms with van der Waals surface area (Å²) in [6, 6.07) is 12.2. The first-order valence-electron chi connectivity index (χ1n) is 9.81. The summed E-state index contributed by atoms with van der Waals surface area (Å²) in [5, 5.41) is 5.03. The highest BCUT2D eigenvalue weighted by Crippen LogP contribution is 2.46. The van der Waals surface area contributed by atoms with Crippen molar-refractivity contribution in [1.82, 2.24) is 9.88 Å². The van der Waals surface area contributed by atoms with Gasteiger partial charge in [-0.3, -0.25) is 9.69 Å². The number of aromatic nitrogens is 1. The molecule has 9 heteroatoms. The second-order valence-electron chi connectivity index (χ2n) is 7.57. The van der Waals surface area contributed by atoms with Crippen molar-refractivity contribution in [3.63, 3.8) is 0 Å². The molecule has 1 aliphatic rings. The number of nitrogens with one attached hydrogen (secondary N) is 1. The number of thiophene rings is 2. The van der Waals surface area contributed by atoms with Gasteiger partial charge in [-0.05, 0) is 50.1 Å². The van der Waals surface area contributed by atoms with E-state index in [2.05, 4.69) is 30.1 Å². The molecular formula is C22H21Cl2N3OS3. The van der Waals surface area contributed by atoms with E-state index in [4.69, 9.17) is 16.6 Å². The lowest BCUT2D eigenvalue weighted by Gasteiger charge is -2.30. The van der Waals surface area contributed by atoms with Gasteiger partial charge in [-0.2, -0.15) is 0 Å². The molecule has 0 aliphatic carbocycles. The van der Waals surface area contributed by atoms with Gasteiger partial charge in [0.2, 0.25) is 0 Å². The van der Waals surface area contributed by atoms with Gasteiger partial charge in [0.1, 0.15) is 10.0 Å². The smallest absolute Gasteiger partial charge is 0.266 e. The largest absolute Gasteiger partial charge is 0.312 e. The zero-order chi connectivity index (χ0) is 20.8. The number of hydrogen-bond acceptors (Lipinski definition) is 6. The third-order valence-electron chi connectivity index (χ3n) is 5.35. The monoisotopic (exact) mass is 509 g/mol. The van der Waals surface area contributed by atoms with Crippen LogP contribution in [0.2, 0.25) is 4.34 Å². The van der Waals surface area contributed by atoms with Crippen molar-refractivity contribution in [1.29, 1.82) is 0 Å². The molecule has 0 saturated heterocycles. The molecule has 0 saturated carbocycles. The summed E-state index contributed by atoms with van der Waals surface area (Å²) in [4.78, 5) is 22.2. The third kappa shape index (κ3) is 4.40. The number of fused-ring (bicyclic) bond motifs is 2. The molecule has 1 amide bonds. The Morgan fingerprint density at radius 3 is 2.68 bits per heavy atom. The minimum atomic E-state index is -0.117. The minimum absolute atomic E-state index is 0. The second kappa shape index (κ2) is 9.17. The number of anilines is 1. The van der Waals surface area contributed by atoms with Crippen LogP contribution in [-0.4, -0.2) is 28.4 Å². The van der Waals surface area contributed by atoms with E-state index in [1.807, 2.05) is 18.2 Å². The minimum Gasteiger partial charge on any atom is -0.312 e. The van der Waals surface area contributed by atoms with Crippen molar-refractivity contribution in [2.75, 3.05) is 11.9 Å². The third-order valence-corrected chi connectivity index (χ3v) is 8.76. The lowest BCUT2D eigenvalue weighted by Crippen LogP contribution is -2.35. The van der Waals surface area contributed by atoms with Crippen LogP contribution < -0.4 is 5.32 Å². The maximum atomic E-state index is 12.9. The van der Waals surface area contributed by atoms with Gasteiger partial charge in [0, 0.05) is 29.6 Å². The molecule has 0 unspecified atom stereocenters. The highest BCUT2D eigenvalue weighted by molar-refractivity contribution is 7.23. The number of carbonyl (C=O) groups is 1. The predicted molar refractivity (Wildman–Crippen MR) is 137 cm³/mol. The van der Waals surface area contributed by atoms with Crippen LogP contribution >= 0.6 is 58.0 Å². The van der Waals surface area contributed by atoms with Gasteiger partial charge in [0.15, 0.2) is 0 Å². The fraction of sp³-hybridized carbons (Fsp3) is 0.273. The molecule has 1 aliphatic heterocycles. The summed E-state index contributed by atoms with van der Waals surface area (Å²) >= 11 is 10.7. The summed E-state index contributed by atoms with van der Waals surface area (Å²) in [6.07, 6.45) is 0.968. The first-order valence-corrected chi connectivity index (χ1v) is 12.6. The summed E-state index contributed by atoms with van der Waals surface area (Å²) in [5.74, 6) is -0.117. The molecule has 1 aromatic carbocycles. The summed E-state index contributed by atoms with van der Waals surface area (Å²) in [5.41, 5.74) is 3.42. The topological polar surface area (TPSA) is 45.2 Å². The van der Waals surface area contributed by atoms with Crippen LogP contribution in [0.3, 0.4) is 0 Å². The number of para-hydroxylation sites is 1. The van der Waals surface area contributed by atoms with E-state index >= 15 is 0 Å². The van der Waals surface area contributed by atoms with Crippen molar-refractivity contribution in [2.45, 2.75) is 32.9 Å². The van der Waals surface area contributed by atoms with Gasteiger partial charge in [-0.25, -0.2) is 4.98 Å². The van der Waals surface area contributed by atoms with E-state index in [9.17, 15) is 4.79 Å². The van der Waals surface area contributed by atoms with E-state index in [1.54, 1.807) is 34.8 Å². The molecule has 4 nitrogen and oxygen atoms in total. The van der Waals surface area contributed by atoms with E-state index in [0.717, 1.165) is 45.3 Å². The van der Waals surface area contributed by atoms with E-state index in [1.165, 1.54) is 21.8 Å². The molecule has 0 fully saturated rings. The van der Waals surface area contributed by atoms with Gasteiger partial charge in [0.05, 0.1) is 19.4 Å². The lowest BCUT2D eigenvalue weighted by molar-refractivity contribution is 0.103. The molecule has 5 rings (SSSR count). The number of halogens is 2. The zero-order valence-electron chi connectivity index (χ0n) is 17.0. The second-order valence-corrected chi connectivity index (χ2v) is 11.4. The van der Waals surface area contributed by atoms with Gasteiger partial charge in [0.25, 0.3) is 5.91 Å². The van der Waals surface area contributed by atoms with Gasteiger partial charge in [-0.15, -0.1) is 46.4 Å². The molecule has 0 spiro atoms. The van der Waals surface area contributed by atoms with E-state index in [0.29, 0.717) is 15.3 Å². The number of hydrogen-bond donors (Lipinski definition) is 1. The Morgan fingerprint density at radius 1 is 1.16 bits per heavy atom. The van der Waals surface area contributed by atoms with Gasteiger partial charge >= 0.3 is 0 Å². The number of carbonyl (C=O) groups excluding carboxylic acids is 1. The zero-order valence-corrected chi connectivity index (χ0v) is 21.0. The fourth-order valence-electron chi connectivity index (χ4n) is 3.76. The van der Waals surface area contributed by atoms with E-state index in [-0.39, 0.29) is 18.3 Å². The van der Waals surface area contributed by atoms with Crippen LogP contribution in [0.4, 0.5) is 5.00 Å². The summed E-state index contributed by atoms with van der Waals surface area (Å²) in [6.45, 7) is 6.40. The number of nitrogens with zero attached hydrogens (tertiary/aromatic N) is 2. The molecule has 1 N–H and O–H groups in total. The number of rotatable bonds is 4. The normalized spacial score (nSPS) is 13.9. The highest BCUT2D eigenvalue weighted by atomic mass is 35.5. The van der Waals surface area contributed by atoms with Crippen molar-refractivity contribution in [3.05, 3.63) is 56.1 Å². The van der Waals surface area contributed by atoms with Crippen LogP contribution in [0.25, 0.3) is 20.8 Å². The Kier molecular flexibility index (Phi) is 6.72. The van der Waals surface area contributed by atoms with Crippen LogP contribution in [0.5, 0.6) is 0 Å². The van der Waals surface area contributed by atoms with Gasteiger partial charge < -0.3 is 5.32 Å². The van der Waals surface area contributed by atoms with Gasteiger partial charge in [-0.1, -0.05) is 23.7 Å². The Labute approximate surface area is 204 Å². The number of thiazole rings is 1. The molecule has 4 heterocycles. The standard InChI is InChI=1S/C22H20ClN3OS3.ClH/c1-12(2)26-10-9-13-17(11-26)30-22(25-20(27)16-7-8-18(23)28-16)19(13)21-24-14-5-3-4-6-15(14)29-21;/h3-8,12H,9-11H2,1-2H3,(H,25,27);1H. The predicted octanol–water partition coefficient (Wildman–Crippen LogP) is 7.18. The fourth-order valence-corrected chi connectivity index (χ4v) is 7.08. The maximum Gasteiger partial charge on any atom is 0.266 e. The molecule has 31 heavy (non-hydrogen) atoms.